The summed E-state index contributed by atoms with van der Waals surface area (Å²) in [4.78, 5) is 10.7. The van der Waals surface area contributed by atoms with Crippen LogP contribution in [0.4, 0.5) is 0 Å². The third-order valence-corrected chi connectivity index (χ3v) is 1.75. The average molecular weight is 184 g/mol. The molecule has 1 heterocycles. The number of carboxylic acid groups (broad SMARTS) is 1. The molecule has 0 spiro atoms. The van der Waals surface area contributed by atoms with Crippen LogP contribution in [0.5, 0.6) is 0 Å². The van der Waals surface area contributed by atoms with Gasteiger partial charge in [0.1, 0.15) is 11.3 Å². The van der Waals surface area contributed by atoms with Crippen molar-refractivity contribution in [1.29, 1.82) is 0 Å². The molecular formula is C9H12O4. The van der Waals surface area contributed by atoms with Crippen LogP contribution < -0.4 is 0 Å². The molecule has 0 aromatic carbocycles. The Labute approximate surface area is 75.8 Å². The van der Waals surface area contributed by atoms with E-state index in [1.165, 1.54) is 6.26 Å². The first-order valence-corrected chi connectivity index (χ1v) is 4.00. The van der Waals surface area contributed by atoms with Gasteiger partial charge in [0.25, 0.3) is 0 Å². The Kier molecular flexibility index (Phi) is 2.72. The number of aliphatic hydroxyl groups excluding tert-OH is 1. The van der Waals surface area contributed by atoms with Crippen LogP contribution in [-0.4, -0.2) is 22.3 Å². The average Bonchev–Trinajstić information content (AvgIpc) is 2.30. The number of hydrogen-bond donors (Lipinski definition) is 2. The smallest absolute Gasteiger partial charge is 0.339 e. The molecule has 0 aliphatic rings. The highest BCUT2D eigenvalue weighted by Crippen LogP contribution is 2.17. The molecule has 0 amide bonds. The SMILES string of the molecule is Cc1coc(C[C@@H](C)O)c1C(=O)O. The third-order valence-electron chi connectivity index (χ3n) is 1.75. The predicted octanol–water partition coefficient (Wildman–Crippen LogP) is 1.21. The highest BCUT2D eigenvalue weighted by atomic mass is 16.4. The highest BCUT2D eigenvalue weighted by molar-refractivity contribution is 5.90. The van der Waals surface area contributed by atoms with E-state index >= 15 is 0 Å². The fourth-order valence-electron chi connectivity index (χ4n) is 1.20. The molecule has 2 N–H and O–H groups in total. The van der Waals surface area contributed by atoms with Crippen molar-refractivity contribution < 1.29 is 19.4 Å². The minimum absolute atomic E-state index is 0.168. The number of aryl methyl sites for hydroxylation is 1. The van der Waals surface area contributed by atoms with E-state index in [2.05, 4.69) is 0 Å². The molecule has 1 atom stereocenters. The van der Waals surface area contributed by atoms with E-state index in [0.717, 1.165) is 0 Å². The maximum absolute atomic E-state index is 10.7. The largest absolute Gasteiger partial charge is 0.478 e. The van der Waals surface area contributed by atoms with Gasteiger partial charge < -0.3 is 14.6 Å². The second-order valence-corrected chi connectivity index (χ2v) is 3.08. The van der Waals surface area contributed by atoms with Crippen LogP contribution in [0.1, 0.15) is 28.6 Å². The number of aromatic carboxylic acids is 1. The van der Waals surface area contributed by atoms with Gasteiger partial charge in [-0.1, -0.05) is 0 Å². The van der Waals surface area contributed by atoms with Crippen LogP contribution in [0.2, 0.25) is 0 Å². The van der Waals surface area contributed by atoms with Crippen molar-refractivity contribution in [2.24, 2.45) is 0 Å². The van der Waals surface area contributed by atoms with Gasteiger partial charge in [-0.3, -0.25) is 0 Å². The molecule has 1 aromatic heterocycles. The predicted molar refractivity (Wildman–Crippen MR) is 45.8 cm³/mol. The third kappa shape index (κ3) is 2.09. The van der Waals surface area contributed by atoms with Gasteiger partial charge >= 0.3 is 5.97 Å². The summed E-state index contributed by atoms with van der Waals surface area (Å²) >= 11 is 0. The number of rotatable bonds is 3. The molecular weight excluding hydrogens is 172 g/mol. The van der Waals surface area contributed by atoms with Crippen LogP contribution in [0.3, 0.4) is 0 Å². The number of hydrogen-bond acceptors (Lipinski definition) is 3. The van der Waals surface area contributed by atoms with Gasteiger partial charge in [0.15, 0.2) is 0 Å². The summed E-state index contributed by atoms with van der Waals surface area (Å²) in [5.41, 5.74) is 0.754. The summed E-state index contributed by atoms with van der Waals surface area (Å²) in [6, 6.07) is 0. The molecule has 0 saturated heterocycles. The lowest BCUT2D eigenvalue weighted by Gasteiger charge is -2.01. The van der Waals surface area contributed by atoms with Crippen molar-refractivity contribution in [3.63, 3.8) is 0 Å². The number of carboxylic acids is 1. The first-order chi connectivity index (χ1) is 6.02. The fraction of sp³-hybridized carbons (Fsp3) is 0.444. The van der Waals surface area contributed by atoms with Crippen LogP contribution in [-0.2, 0) is 6.42 Å². The van der Waals surface area contributed by atoms with Crippen molar-refractivity contribution in [2.45, 2.75) is 26.4 Å². The minimum atomic E-state index is -1.01. The minimum Gasteiger partial charge on any atom is -0.478 e. The van der Waals surface area contributed by atoms with Gasteiger partial charge in [-0.05, 0) is 13.8 Å². The highest BCUT2D eigenvalue weighted by Gasteiger charge is 2.18. The van der Waals surface area contributed by atoms with Gasteiger partial charge in [0.05, 0.1) is 12.4 Å². The summed E-state index contributed by atoms with van der Waals surface area (Å²) in [6.07, 6.45) is 1.03. The maximum atomic E-state index is 10.7. The number of aliphatic hydroxyl groups is 1. The summed E-state index contributed by atoms with van der Waals surface area (Å²) < 4.78 is 5.03. The molecule has 0 bridgehead atoms. The van der Waals surface area contributed by atoms with Crippen molar-refractivity contribution in [3.8, 4) is 0 Å². The molecule has 0 unspecified atom stereocenters. The molecule has 1 aromatic rings. The van der Waals surface area contributed by atoms with E-state index in [1.807, 2.05) is 0 Å². The second kappa shape index (κ2) is 3.62. The topological polar surface area (TPSA) is 70.7 Å². The second-order valence-electron chi connectivity index (χ2n) is 3.08. The Hall–Kier alpha value is -1.29. The van der Waals surface area contributed by atoms with Crippen LogP contribution in [0.15, 0.2) is 10.7 Å². The van der Waals surface area contributed by atoms with E-state index in [4.69, 9.17) is 14.6 Å². The molecule has 1 rings (SSSR count). The normalized spacial score (nSPS) is 12.8. The fourth-order valence-corrected chi connectivity index (χ4v) is 1.20. The Morgan fingerprint density at radius 3 is 2.77 bits per heavy atom. The molecule has 72 valence electrons. The first-order valence-electron chi connectivity index (χ1n) is 4.00. The number of carbonyl (C=O) groups is 1. The zero-order chi connectivity index (χ0) is 10.0. The lowest BCUT2D eigenvalue weighted by molar-refractivity contribution is 0.0692. The van der Waals surface area contributed by atoms with E-state index < -0.39 is 12.1 Å². The molecule has 0 fully saturated rings. The quantitative estimate of drug-likeness (QED) is 0.740. The van der Waals surface area contributed by atoms with Gasteiger partial charge in [-0.15, -0.1) is 0 Å². The summed E-state index contributed by atoms with van der Waals surface area (Å²) in [5.74, 6) is -0.679. The monoisotopic (exact) mass is 184 g/mol. The molecule has 4 heteroatoms. The van der Waals surface area contributed by atoms with E-state index in [0.29, 0.717) is 11.3 Å². The lowest BCUT2D eigenvalue weighted by atomic mass is 10.1. The van der Waals surface area contributed by atoms with Gasteiger partial charge in [0, 0.05) is 12.0 Å². The van der Waals surface area contributed by atoms with Crippen molar-refractivity contribution in [2.75, 3.05) is 0 Å². The van der Waals surface area contributed by atoms with E-state index in [1.54, 1.807) is 13.8 Å². The molecule has 0 aliphatic carbocycles. The van der Waals surface area contributed by atoms with Crippen LogP contribution >= 0.6 is 0 Å². The van der Waals surface area contributed by atoms with Crippen molar-refractivity contribution >= 4 is 5.97 Å². The summed E-state index contributed by atoms with van der Waals surface area (Å²) in [6.45, 7) is 3.25. The Morgan fingerprint density at radius 1 is 1.69 bits per heavy atom. The van der Waals surface area contributed by atoms with Gasteiger partial charge in [-0.2, -0.15) is 0 Å². The molecule has 0 aliphatic heterocycles. The molecule has 0 radical (unpaired) electrons. The Morgan fingerprint density at radius 2 is 2.31 bits per heavy atom. The molecule has 4 nitrogen and oxygen atoms in total. The molecule has 13 heavy (non-hydrogen) atoms. The standard InChI is InChI=1S/C9H12O4/c1-5-4-13-7(3-6(2)10)8(5)9(11)12/h4,6,10H,3H2,1-2H3,(H,11,12)/t6-/m1/s1. The first kappa shape index (κ1) is 9.80. The van der Waals surface area contributed by atoms with Crippen molar-refractivity contribution in [3.05, 3.63) is 23.2 Å². The van der Waals surface area contributed by atoms with Gasteiger partial charge in [-0.25, -0.2) is 4.79 Å². The van der Waals surface area contributed by atoms with E-state index in [9.17, 15) is 4.79 Å². The van der Waals surface area contributed by atoms with E-state index in [-0.39, 0.29) is 12.0 Å². The zero-order valence-electron chi connectivity index (χ0n) is 7.57. The lowest BCUT2D eigenvalue weighted by Crippen LogP contribution is -2.08. The summed E-state index contributed by atoms with van der Waals surface area (Å²) in [5, 5.41) is 17.9. The maximum Gasteiger partial charge on any atom is 0.339 e. The number of furan rings is 1. The van der Waals surface area contributed by atoms with Crippen LogP contribution in [0, 0.1) is 6.92 Å². The van der Waals surface area contributed by atoms with Crippen LogP contribution in [0.25, 0.3) is 0 Å². The Bertz CT molecular complexity index is 311. The molecule has 0 saturated carbocycles. The van der Waals surface area contributed by atoms with Crippen molar-refractivity contribution in [1.82, 2.24) is 0 Å². The Balaban J connectivity index is 3.00. The summed E-state index contributed by atoms with van der Waals surface area (Å²) in [7, 11) is 0. The van der Waals surface area contributed by atoms with Gasteiger partial charge in [0.2, 0.25) is 0 Å². The zero-order valence-corrected chi connectivity index (χ0v) is 7.57.